The normalized spacial score (nSPS) is 15.8. The largest absolute Gasteiger partial charge is 0.465 e. The van der Waals surface area contributed by atoms with Gasteiger partial charge in [0.25, 0.3) is 0 Å². The summed E-state index contributed by atoms with van der Waals surface area (Å²) in [5, 5.41) is 0. The molecule has 1 N–H and O–H groups in total. The first kappa shape index (κ1) is 22.3. The number of nitrogens with zero attached hydrogens (tertiary/aromatic N) is 1. The highest BCUT2D eigenvalue weighted by molar-refractivity contribution is 7.89. The molecule has 0 atom stereocenters. The molecule has 1 saturated heterocycles. The van der Waals surface area contributed by atoms with Crippen LogP contribution in [-0.2, 0) is 14.8 Å². The Hall–Kier alpha value is -2.38. The molecule has 3 rings (SSSR count). The Balaban J connectivity index is 1.56. The van der Waals surface area contributed by atoms with Crippen LogP contribution in [0.4, 0.5) is 0 Å². The molecule has 1 amide bonds. The van der Waals surface area contributed by atoms with E-state index in [1.165, 1.54) is 6.08 Å². The summed E-state index contributed by atoms with van der Waals surface area (Å²) in [6.45, 7) is 9.22. The summed E-state index contributed by atoms with van der Waals surface area (Å²) >= 11 is 0. The van der Waals surface area contributed by atoms with Crippen LogP contribution in [0, 0.1) is 33.6 Å². The number of furan rings is 1. The van der Waals surface area contributed by atoms with Crippen LogP contribution in [0.5, 0.6) is 0 Å². The zero-order valence-corrected chi connectivity index (χ0v) is 18.9. The molecule has 162 valence electrons. The quantitative estimate of drug-likeness (QED) is 0.708. The second kappa shape index (κ2) is 9.18. The van der Waals surface area contributed by atoms with E-state index in [0.717, 1.165) is 35.1 Å². The lowest BCUT2D eigenvalue weighted by Crippen LogP contribution is -2.41. The van der Waals surface area contributed by atoms with Gasteiger partial charge in [0.15, 0.2) is 0 Å². The Morgan fingerprint density at radius 2 is 1.80 bits per heavy atom. The van der Waals surface area contributed by atoms with E-state index >= 15 is 0 Å². The van der Waals surface area contributed by atoms with E-state index in [1.54, 1.807) is 29.4 Å². The number of likely N-dealkylation sites (tertiary alicyclic amines) is 1. The van der Waals surface area contributed by atoms with Gasteiger partial charge < -0.3 is 9.32 Å². The van der Waals surface area contributed by atoms with Gasteiger partial charge in [0.1, 0.15) is 5.76 Å². The van der Waals surface area contributed by atoms with E-state index < -0.39 is 10.0 Å². The number of carbonyl (C=O) groups is 1. The van der Waals surface area contributed by atoms with Crippen LogP contribution in [0.3, 0.4) is 0 Å². The number of amides is 1. The minimum absolute atomic E-state index is 0.0492. The lowest BCUT2D eigenvalue weighted by molar-refractivity contribution is -0.127. The molecule has 1 aliphatic rings. The minimum atomic E-state index is -3.58. The lowest BCUT2D eigenvalue weighted by Gasteiger charge is -2.31. The molecule has 0 radical (unpaired) electrons. The second-order valence-electron chi connectivity index (χ2n) is 8.06. The molecular formula is C23H30N2O4S. The number of benzene rings is 1. The number of nitrogens with one attached hydrogen (secondary N) is 1. The van der Waals surface area contributed by atoms with Crippen LogP contribution in [0.1, 0.15) is 40.9 Å². The van der Waals surface area contributed by atoms with Gasteiger partial charge in [-0.3, -0.25) is 4.79 Å². The van der Waals surface area contributed by atoms with Crippen molar-refractivity contribution in [2.24, 2.45) is 5.92 Å². The van der Waals surface area contributed by atoms with Crippen molar-refractivity contribution in [1.29, 1.82) is 0 Å². The molecule has 1 fully saturated rings. The van der Waals surface area contributed by atoms with Crippen molar-refractivity contribution < 1.29 is 17.6 Å². The number of rotatable bonds is 6. The predicted molar refractivity (Wildman–Crippen MR) is 118 cm³/mol. The lowest BCUT2D eigenvalue weighted by atomic mass is 9.97. The summed E-state index contributed by atoms with van der Waals surface area (Å²) in [6.07, 6.45) is 6.30. The number of hydrogen-bond acceptors (Lipinski definition) is 4. The molecule has 6 nitrogen and oxygen atoms in total. The maximum Gasteiger partial charge on any atom is 0.246 e. The average molecular weight is 431 g/mol. The van der Waals surface area contributed by atoms with Gasteiger partial charge in [0, 0.05) is 25.7 Å². The number of aryl methyl sites for hydroxylation is 2. The highest BCUT2D eigenvalue weighted by atomic mass is 32.2. The van der Waals surface area contributed by atoms with Crippen molar-refractivity contribution in [3.05, 3.63) is 58.6 Å². The van der Waals surface area contributed by atoms with E-state index in [-0.39, 0.29) is 11.8 Å². The number of sulfonamides is 1. The van der Waals surface area contributed by atoms with Gasteiger partial charge >= 0.3 is 0 Å². The topological polar surface area (TPSA) is 79.6 Å². The zero-order chi connectivity index (χ0) is 21.9. The van der Waals surface area contributed by atoms with Crippen molar-refractivity contribution >= 4 is 22.0 Å². The van der Waals surface area contributed by atoms with Crippen molar-refractivity contribution in [2.75, 3.05) is 19.6 Å². The Labute approximate surface area is 179 Å². The molecule has 0 spiro atoms. The molecule has 1 aromatic carbocycles. The van der Waals surface area contributed by atoms with Gasteiger partial charge in [-0.1, -0.05) is 6.07 Å². The molecule has 0 saturated carbocycles. The molecular weight excluding hydrogens is 400 g/mol. The minimum Gasteiger partial charge on any atom is -0.465 e. The van der Waals surface area contributed by atoms with E-state index in [0.29, 0.717) is 30.3 Å². The van der Waals surface area contributed by atoms with Gasteiger partial charge in [0.2, 0.25) is 15.9 Å². The average Bonchev–Trinajstić information content (AvgIpc) is 3.23. The van der Waals surface area contributed by atoms with Gasteiger partial charge in [-0.15, -0.1) is 0 Å². The Morgan fingerprint density at radius 1 is 1.17 bits per heavy atom. The highest BCUT2D eigenvalue weighted by Gasteiger charge is 2.26. The summed E-state index contributed by atoms with van der Waals surface area (Å²) in [7, 11) is -3.58. The van der Waals surface area contributed by atoms with Crippen molar-refractivity contribution in [3.63, 3.8) is 0 Å². The molecule has 0 bridgehead atoms. The Bertz CT molecular complexity index is 1010. The molecule has 2 heterocycles. The fraction of sp³-hybridized carbons (Fsp3) is 0.435. The number of piperidine rings is 1. The van der Waals surface area contributed by atoms with Crippen LogP contribution >= 0.6 is 0 Å². The first-order chi connectivity index (χ1) is 14.2. The van der Waals surface area contributed by atoms with Gasteiger partial charge in [-0.25, -0.2) is 13.1 Å². The molecule has 1 aliphatic heterocycles. The van der Waals surface area contributed by atoms with Crippen LogP contribution < -0.4 is 4.72 Å². The maximum absolute atomic E-state index is 13.0. The van der Waals surface area contributed by atoms with Gasteiger partial charge in [-0.2, -0.15) is 0 Å². The van der Waals surface area contributed by atoms with Crippen molar-refractivity contribution in [2.45, 2.75) is 45.4 Å². The first-order valence-corrected chi connectivity index (χ1v) is 11.7. The standard InChI is InChI=1S/C23H30N2O4S/c1-16-14-17(2)19(4)23(18(16)3)30(27,28)24-15-20-9-11-25(12-10-20)22(26)8-7-21-6-5-13-29-21/h5-8,13-14,20,24H,9-12,15H2,1-4H3/b8-7+. The van der Waals surface area contributed by atoms with Crippen molar-refractivity contribution in [3.8, 4) is 0 Å². The van der Waals surface area contributed by atoms with E-state index in [1.807, 2.05) is 33.8 Å². The summed E-state index contributed by atoms with van der Waals surface area (Å²) in [5.41, 5.74) is 3.56. The van der Waals surface area contributed by atoms with E-state index in [2.05, 4.69) is 4.72 Å². The summed E-state index contributed by atoms with van der Waals surface area (Å²) in [5.74, 6) is 0.806. The van der Waals surface area contributed by atoms with Crippen LogP contribution in [0.15, 0.2) is 39.9 Å². The molecule has 0 unspecified atom stereocenters. The zero-order valence-electron chi connectivity index (χ0n) is 18.1. The first-order valence-electron chi connectivity index (χ1n) is 10.3. The third kappa shape index (κ3) is 5.02. The van der Waals surface area contributed by atoms with Gasteiger partial charge in [-0.05, 0) is 86.9 Å². The van der Waals surface area contributed by atoms with Crippen molar-refractivity contribution in [1.82, 2.24) is 9.62 Å². The Morgan fingerprint density at radius 3 is 2.37 bits per heavy atom. The monoisotopic (exact) mass is 430 g/mol. The van der Waals surface area contributed by atoms with Crippen LogP contribution in [0.2, 0.25) is 0 Å². The van der Waals surface area contributed by atoms with Crippen LogP contribution in [0.25, 0.3) is 6.08 Å². The second-order valence-corrected chi connectivity index (χ2v) is 9.76. The highest BCUT2D eigenvalue weighted by Crippen LogP contribution is 2.26. The molecule has 2 aromatic rings. The summed E-state index contributed by atoms with van der Waals surface area (Å²) < 4.78 is 34.0. The SMILES string of the molecule is Cc1cc(C)c(C)c(S(=O)(=O)NCC2CCN(C(=O)/C=C/c3ccco3)CC2)c1C. The maximum atomic E-state index is 13.0. The smallest absolute Gasteiger partial charge is 0.246 e. The van der Waals surface area contributed by atoms with Gasteiger partial charge in [0.05, 0.1) is 11.2 Å². The Kier molecular flexibility index (Phi) is 6.83. The summed E-state index contributed by atoms with van der Waals surface area (Å²) in [6, 6.07) is 5.59. The molecule has 7 heteroatoms. The number of carbonyl (C=O) groups excluding carboxylic acids is 1. The third-order valence-corrected chi connectivity index (χ3v) is 7.68. The third-order valence-electron chi connectivity index (χ3n) is 5.99. The fourth-order valence-corrected chi connectivity index (χ4v) is 5.61. The number of hydrogen-bond donors (Lipinski definition) is 1. The van der Waals surface area contributed by atoms with E-state index in [4.69, 9.17) is 4.42 Å². The summed E-state index contributed by atoms with van der Waals surface area (Å²) in [4.78, 5) is 14.5. The fourth-order valence-electron chi connectivity index (χ4n) is 3.89. The molecule has 1 aromatic heterocycles. The molecule has 0 aliphatic carbocycles. The van der Waals surface area contributed by atoms with E-state index in [9.17, 15) is 13.2 Å². The van der Waals surface area contributed by atoms with Crippen LogP contribution in [-0.4, -0.2) is 38.9 Å². The predicted octanol–water partition coefficient (Wildman–Crippen LogP) is 3.74. The molecule has 30 heavy (non-hydrogen) atoms.